The third kappa shape index (κ3) is 2.78. The van der Waals surface area contributed by atoms with Gasteiger partial charge in [0, 0.05) is 5.41 Å². The largest absolute Gasteiger partial charge is 0.369 e. The van der Waals surface area contributed by atoms with E-state index in [1.165, 1.54) is 12.1 Å². The van der Waals surface area contributed by atoms with Crippen LogP contribution in [-0.2, 0) is 11.2 Å². The van der Waals surface area contributed by atoms with Crippen molar-refractivity contribution in [2.24, 2.45) is 11.1 Å². The van der Waals surface area contributed by atoms with Crippen LogP contribution in [-0.4, -0.2) is 5.91 Å². The Morgan fingerprint density at radius 2 is 2.20 bits per heavy atom. The van der Waals surface area contributed by atoms with E-state index >= 15 is 0 Å². The van der Waals surface area contributed by atoms with Crippen LogP contribution in [0.2, 0.25) is 0 Å². The van der Waals surface area contributed by atoms with Crippen molar-refractivity contribution in [3.8, 4) is 0 Å². The number of amides is 1. The van der Waals surface area contributed by atoms with Gasteiger partial charge in [-0.3, -0.25) is 4.79 Å². The molecule has 15 heavy (non-hydrogen) atoms. The van der Waals surface area contributed by atoms with Crippen LogP contribution in [0.3, 0.4) is 0 Å². The standard InChI is InChI=1S/C12H16FNO/c1-3-12(2,11(14)15)8-9-5-4-6-10(13)7-9/h4-7H,3,8H2,1-2H3,(H2,14,15). The van der Waals surface area contributed by atoms with Crippen LogP contribution in [0.1, 0.15) is 25.8 Å². The van der Waals surface area contributed by atoms with Gasteiger partial charge in [-0.1, -0.05) is 26.0 Å². The van der Waals surface area contributed by atoms with Crippen LogP contribution < -0.4 is 5.73 Å². The Morgan fingerprint density at radius 1 is 1.53 bits per heavy atom. The Hall–Kier alpha value is -1.38. The highest BCUT2D eigenvalue weighted by Gasteiger charge is 2.29. The van der Waals surface area contributed by atoms with Crippen LogP contribution in [0, 0.1) is 11.2 Å². The molecule has 2 N–H and O–H groups in total. The van der Waals surface area contributed by atoms with Crippen LogP contribution in [0.4, 0.5) is 4.39 Å². The fraction of sp³-hybridized carbons (Fsp3) is 0.417. The van der Waals surface area contributed by atoms with Gasteiger partial charge in [0.15, 0.2) is 0 Å². The summed E-state index contributed by atoms with van der Waals surface area (Å²) in [5, 5.41) is 0. The number of carbonyl (C=O) groups excluding carboxylic acids is 1. The highest BCUT2D eigenvalue weighted by molar-refractivity contribution is 5.80. The Bertz CT molecular complexity index is 364. The predicted octanol–water partition coefficient (Wildman–Crippen LogP) is 2.27. The molecule has 1 atom stereocenters. The minimum absolute atomic E-state index is 0.282. The number of carbonyl (C=O) groups is 1. The predicted molar refractivity (Wildman–Crippen MR) is 57.7 cm³/mol. The second kappa shape index (κ2) is 4.43. The average molecular weight is 209 g/mol. The molecule has 1 unspecified atom stereocenters. The summed E-state index contributed by atoms with van der Waals surface area (Å²) in [6.45, 7) is 3.71. The number of hydrogen-bond acceptors (Lipinski definition) is 1. The van der Waals surface area contributed by atoms with Gasteiger partial charge in [-0.2, -0.15) is 0 Å². The number of halogens is 1. The topological polar surface area (TPSA) is 43.1 Å². The van der Waals surface area contributed by atoms with Crippen molar-refractivity contribution in [3.05, 3.63) is 35.6 Å². The fourth-order valence-electron chi connectivity index (χ4n) is 1.48. The zero-order valence-electron chi connectivity index (χ0n) is 9.09. The lowest BCUT2D eigenvalue weighted by Gasteiger charge is -2.24. The van der Waals surface area contributed by atoms with Crippen molar-refractivity contribution in [2.75, 3.05) is 0 Å². The Morgan fingerprint density at radius 3 is 2.67 bits per heavy atom. The summed E-state index contributed by atoms with van der Waals surface area (Å²) in [5.74, 6) is -0.621. The Labute approximate surface area is 89.3 Å². The van der Waals surface area contributed by atoms with E-state index in [4.69, 9.17) is 5.73 Å². The number of nitrogens with two attached hydrogens (primary N) is 1. The summed E-state index contributed by atoms with van der Waals surface area (Å²) < 4.78 is 12.9. The summed E-state index contributed by atoms with van der Waals surface area (Å²) >= 11 is 0. The van der Waals surface area contributed by atoms with E-state index in [0.29, 0.717) is 12.8 Å². The maximum absolute atomic E-state index is 12.9. The number of hydrogen-bond donors (Lipinski definition) is 1. The zero-order valence-corrected chi connectivity index (χ0v) is 9.09. The van der Waals surface area contributed by atoms with E-state index in [1.54, 1.807) is 19.1 Å². The first kappa shape index (κ1) is 11.7. The molecule has 0 aliphatic carbocycles. The summed E-state index contributed by atoms with van der Waals surface area (Å²) in [5.41, 5.74) is 5.55. The first-order valence-corrected chi connectivity index (χ1v) is 5.02. The van der Waals surface area contributed by atoms with Gasteiger partial charge < -0.3 is 5.73 Å². The molecule has 0 saturated carbocycles. The first-order chi connectivity index (χ1) is 6.98. The van der Waals surface area contributed by atoms with Crippen molar-refractivity contribution in [3.63, 3.8) is 0 Å². The van der Waals surface area contributed by atoms with Gasteiger partial charge in [0.2, 0.25) is 5.91 Å². The lowest BCUT2D eigenvalue weighted by Crippen LogP contribution is -2.35. The van der Waals surface area contributed by atoms with Crippen molar-refractivity contribution < 1.29 is 9.18 Å². The highest BCUT2D eigenvalue weighted by atomic mass is 19.1. The molecule has 0 bridgehead atoms. The van der Waals surface area contributed by atoms with Gasteiger partial charge in [0.1, 0.15) is 5.82 Å². The van der Waals surface area contributed by atoms with Crippen LogP contribution >= 0.6 is 0 Å². The molecule has 1 amide bonds. The number of benzene rings is 1. The smallest absolute Gasteiger partial charge is 0.223 e. The monoisotopic (exact) mass is 209 g/mol. The second-order valence-corrected chi connectivity index (χ2v) is 4.09. The molecule has 0 saturated heterocycles. The average Bonchev–Trinajstić information content (AvgIpc) is 2.17. The normalized spacial score (nSPS) is 14.6. The van der Waals surface area contributed by atoms with Crippen LogP contribution in [0.25, 0.3) is 0 Å². The second-order valence-electron chi connectivity index (χ2n) is 4.09. The molecule has 0 fully saturated rings. The van der Waals surface area contributed by atoms with E-state index in [2.05, 4.69) is 0 Å². The van der Waals surface area contributed by atoms with E-state index in [9.17, 15) is 9.18 Å². The van der Waals surface area contributed by atoms with E-state index in [1.807, 2.05) is 6.92 Å². The maximum Gasteiger partial charge on any atom is 0.223 e. The molecule has 0 heterocycles. The van der Waals surface area contributed by atoms with Crippen LogP contribution in [0.5, 0.6) is 0 Å². The molecule has 0 aliphatic rings. The molecule has 1 aromatic carbocycles. The summed E-state index contributed by atoms with van der Waals surface area (Å²) in [6.07, 6.45) is 1.13. The Kier molecular flexibility index (Phi) is 3.45. The first-order valence-electron chi connectivity index (χ1n) is 5.02. The minimum Gasteiger partial charge on any atom is -0.369 e. The molecular formula is C12H16FNO. The van der Waals surface area contributed by atoms with Gasteiger partial charge >= 0.3 is 0 Å². The van der Waals surface area contributed by atoms with Crippen molar-refractivity contribution in [1.29, 1.82) is 0 Å². The molecule has 3 heteroatoms. The quantitative estimate of drug-likeness (QED) is 0.812. The molecule has 2 nitrogen and oxygen atoms in total. The molecule has 0 aromatic heterocycles. The molecular weight excluding hydrogens is 193 g/mol. The lowest BCUT2D eigenvalue weighted by atomic mass is 9.80. The minimum atomic E-state index is -0.589. The van der Waals surface area contributed by atoms with Gasteiger partial charge in [-0.05, 0) is 30.5 Å². The molecule has 1 rings (SSSR count). The van der Waals surface area contributed by atoms with Gasteiger partial charge in [0.05, 0.1) is 0 Å². The Balaban J connectivity index is 2.89. The fourth-order valence-corrected chi connectivity index (χ4v) is 1.48. The molecule has 1 aromatic rings. The van der Waals surface area contributed by atoms with E-state index in [0.717, 1.165) is 5.56 Å². The third-order valence-corrected chi connectivity index (χ3v) is 2.86. The molecule has 0 spiro atoms. The van der Waals surface area contributed by atoms with Gasteiger partial charge in [-0.25, -0.2) is 4.39 Å². The highest BCUT2D eigenvalue weighted by Crippen LogP contribution is 2.26. The molecule has 0 radical (unpaired) electrons. The number of primary amides is 1. The zero-order chi connectivity index (χ0) is 11.5. The van der Waals surface area contributed by atoms with Crippen molar-refractivity contribution in [2.45, 2.75) is 26.7 Å². The molecule has 0 aliphatic heterocycles. The van der Waals surface area contributed by atoms with Crippen LogP contribution in [0.15, 0.2) is 24.3 Å². The SMILES string of the molecule is CCC(C)(Cc1cccc(F)c1)C(N)=O. The summed E-state index contributed by atoms with van der Waals surface area (Å²) in [4.78, 5) is 11.3. The van der Waals surface area contributed by atoms with Gasteiger partial charge in [-0.15, -0.1) is 0 Å². The van der Waals surface area contributed by atoms with E-state index in [-0.39, 0.29) is 11.7 Å². The molecule has 82 valence electrons. The number of rotatable bonds is 4. The van der Waals surface area contributed by atoms with Crippen molar-refractivity contribution >= 4 is 5.91 Å². The van der Waals surface area contributed by atoms with E-state index < -0.39 is 5.41 Å². The lowest BCUT2D eigenvalue weighted by molar-refractivity contribution is -0.126. The van der Waals surface area contributed by atoms with Crippen molar-refractivity contribution in [1.82, 2.24) is 0 Å². The summed E-state index contributed by atoms with van der Waals surface area (Å²) in [7, 11) is 0. The summed E-state index contributed by atoms with van der Waals surface area (Å²) in [6, 6.07) is 6.27. The maximum atomic E-state index is 12.9. The third-order valence-electron chi connectivity index (χ3n) is 2.86. The van der Waals surface area contributed by atoms with Gasteiger partial charge in [0.25, 0.3) is 0 Å².